The molecule has 0 N–H and O–H groups in total. The Labute approximate surface area is 111 Å². The van der Waals surface area contributed by atoms with Gasteiger partial charge in [-0.25, -0.2) is 0 Å². The number of nitrogens with zero attached hydrogens (tertiary/aromatic N) is 4. The molecule has 1 saturated heterocycles. The van der Waals surface area contributed by atoms with Gasteiger partial charge in [0.2, 0.25) is 11.2 Å². The summed E-state index contributed by atoms with van der Waals surface area (Å²) in [5.41, 5.74) is 0. The number of ether oxygens (including phenoxy) is 2. The second-order valence-corrected chi connectivity index (χ2v) is 4.81. The number of rotatable bonds is 3. The molecule has 1 atom stereocenters. The van der Waals surface area contributed by atoms with Gasteiger partial charge in [0.25, 0.3) is 0 Å². The Bertz CT molecular complexity index is 416. The van der Waals surface area contributed by atoms with Crippen molar-refractivity contribution in [1.29, 1.82) is 0 Å². The predicted octanol–water partition coefficient (Wildman–Crippen LogP) is 1.54. The third-order valence-electron chi connectivity index (χ3n) is 2.54. The number of hydrogen-bond donors (Lipinski definition) is 0. The summed E-state index contributed by atoms with van der Waals surface area (Å²) >= 11 is 5.90. The van der Waals surface area contributed by atoms with Gasteiger partial charge in [0.1, 0.15) is 0 Å². The number of morpholine rings is 1. The van der Waals surface area contributed by atoms with E-state index in [9.17, 15) is 0 Å². The zero-order valence-electron chi connectivity index (χ0n) is 10.8. The third-order valence-corrected chi connectivity index (χ3v) is 2.71. The lowest BCUT2D eigenvalue weighted by atomic mass is 10.3. The van der Waals surface area contributed by atoms with Crippen molar-refractivity contribution in [3.05, 3.63) is 5.28 Å². The zero-order chi connectivity index (χ0) is 13.1. The molecule has 18 heavy (non-hydrogen) atoms. The second kappa shape index (κ2) is 5.67. The van der Waals surface area contributed by atoms with Crippen LogP contribution in [0.4, 0.5) is 5.95 Å². The van der Waals surface area contributed by atoms with Gasteiger partial charge in [-0.3, -0.25) is 0 Å². The number of hydrogen-bond acceptors (Lipinski definition) is 6. The first-order valence-corrected chi connectivity index (χ1v) is 6.36. The lowest BCUT2D eigenvalue weighted by molar-refractivity contribution is 0.0978. The summed E-state index contributed by atoms with van der Waals surface area (Å²) in [5.74, 6) is 0.543. The van der Waals surface area contributed by atoms with Crippen LogP contribution in [0.1, 0.15) is 20.8 Å². The van der Waals surface area contributed by atoms with Gasteiger partial charge in [0, 0.05) is 6.54 Å². The lowest BCUT2D eigenvalue weighted by Crippen LogP contribution is -2.44. The minimum atomic E-state index is -0.00145. The summed E-state index contributed by atoms with van der Waals surface area (Å²) in [6.45, 7) is 7.93. The molecule has 1 aliphatic rings. The fourth-order valence-electron chi connectivity index (χ4n) is 1.74. The first-order valence-electron chi connectivity index (χ1n) is 5.99. The summed E-state index contributed by atoms with van der Waals surface area (Å²) in [7, 11) is 0. The van der Waals surface area contributed by atoms with Gasteiger partial charge in [-0.15, -0.1) is 0 Å². The molecule has 0 radical (unpaired) electrons. The molecule has 100 valence electrons. The monoisotopic (exact) mass is 272 g/mol. The fourth-order valence-corrected chi connectivity index (χ4v) is 1.89. The van der Waals surface area contributed by atoms with Crippen LogP contribution >= 0.6 is 11.6 Å². The summed E-state index contributed by atoms with van der Waals surface area (Å²) in [6, 6.07) is 0.475. The van der Waals surface area contributed by atoms with Crippen LogP contribution in [0.3, 0.4) is 0 Å². The highest BCUT2D eigenvalue weighted by Crippen LogP contribution is 2.19. The number of aromatic nitrogens is 3. The molecule has 2 rings (SSSR count). The van der Waals surface area contributed by atoms with Crippen LogP contribution in [0.5, 0.6) is 6.01 Å². The summed E-state index contributed by atoms with van der Waals surface area (Å²) in [6.07, 6.45) is -0.00145. The van der Waals surface area contributed by atoms with Crippen LogP contribution in [0.15, 0.2) is 0 Å². The van der Waals surface area contributed by atoms with Crippen molar-refractivity contribution in [3.8, 4) is 6.01 Å². The van der Waals surface area contributed by atoms with E-state index in [0.717, 1.165) is 6.54 Å². The molecule has 1 aromatic heterocycles. The van der Waals surface area contributed by atoms with Gasteiger partial charge in [-0.05, 0) is 32.4 Å². The van der Waals surface area contributed by atoms with Crippen molar-refractivity contribution in [1.82, 2.24) is 15.0 Å². The minimum absolute atomic E-state index is 0.00145. The van der Waals surface area contributed by atoms with E-state index >= 15 is 0 Å². The molecule has 2 heterocycles. The van der Waals surface area contributed by atoms with Crippen molar-refractivity contribution in [2.45, 2.75) is 32.9 Å². The standard InChI is InChI=1S/C11H17ClN4O2/c1-7(2)18-11-14-9(12)13-10(15-11)16-4-5-17-6-8(16)3/h7-8H,4-6H2,1-3H3. The Morgan fingerprint density at radius 2 is 2.17 bits per heavy atom. The molecule has 0 aliphatic carbocycles. The highest BCUT2D eigenvalue weighted by atomic mass is 35.5. The van der Waals surface area contributed by atoms with Crippen LogP contribution in [0.25, 0.3) is 0 Å². The topological polar surface area (TPSA) is 60.4 Å². The van der Waals surface area contributed by atoms with E-state index in [0.29, 0.717) is 19.2 Å². The molecule has 6 nitrogen and oxygen atoms in total. The Hall–Kier alpha value is -1.14. The van der Waals surface area contributed by atoms with Crippen LogP contribution in [0, 0.1) is 0 Å². The average Bonchev–Trinajstić information content (AvgIpc) is 2.27. The van der Waals surface area contributed by atoms with E-state index in [2.05, 4.69) is 21.9 Å². The molecule has 0 saturated carbocycles. The quantitative estimate of drug-likeness (QED) is 0.832. The highest BCUT2D eigenvalue weighted by molar-refractivity contribution is 6.28. The van der Waals surface area contributed by atoms with Gasteiger partial charge >= 0.3 is 6.01 Å². The van der Waals surface area contributed by atoms with Crippen LogP contribution in [0.2, 0.25) is 5.28 Å². The van der Waals surface area contributed by atoms with E-state index in [1.807, 2.05) is 18.7 Å². The molecule has 7 heteroatoms. The Morgan fingerprint density at radius 3 is 2.83 bits per heavy atom. The van der Waals surface area contributed by atoms with E-state index in [4.69, 9.17) is 21.1 Å². The molecule has 1 aromatic rings. The molecule has 0 bridgehead atoms. The smallest absolute Gasteiger partial charge is 0.322 e. The predicted molar refractivity (Wildman–Crippen MR) is 68.2 cm³/mol. The summed E-state index contributed by atoms with van der Waals surface area (Å²) in [5, 5.41) is 0.148. The summed E-state index contributed by atoms with van der Waals surface area (Å²) in [4.78, 5) is 14.4. The highest BCUT2D eigenvalue weighted by Gasteiger charge is 2.23. The van der Waals surface area contributed by atoms with Gasteiger partial charge in [0.05, 0.1) is 25.4 Å². The molecule has 0 spiro atoms. The first-order chi connectivity index (χ1) is 8.56. The van der Waals surface area contributed by atoms with Gasteiger partial charge < -0.3 is 14.4 Å². The molecule has 0 aromatic carbocycles. The minimum Gasteiger partial charge on any atom is -0.461 e. The summed E-state index contributed by atoms with van der Waals surface area (Å²) < 4.78 is 10.8. The Balaban J connectivity index is 2.23. The molecule has 1 unspecified atom stereocenters. The molecule has 0 amide bonds. The first kappa shape index (κ1) is 13.3. The van der Waals surface area contributed by atoms with Crippen molar-refractivity contribution in [3.63, 3.8) is 0 Å². The normalized spacial score (nSPS) is 20.3. The molecule has 1 aliphatic heterocycles. The molecular formula is C11H17ClN4O2. The van der Waals surface area contributed by atoms with E-state index < -0.39 is 0 Å². The van der Waals surface area contributed by atoms with Crippen molar-refractivity contribution in [2.75, 3.05) is 24.7 Å². The number of anilines is 1. The SMILES string of the molecule is CC(C)Oc1nc(Cl)nc(N2CCOCC2C)n1. The third kappa shape index (κ3) is 3.20. The Morgan fingerprint density at radius 1 is 1.39 bits per heavy atom. The maximum atomic E-state index is 5.90. The number of halogens is 1. The zero-order valence-corrected chi connectivity index (χ0v) is 11.5. The van der Waals surface area contributed by atoms with Crippen molar-refractivity contribution >= 4 is 17.5 Å². The van der Waals surface area contributed by atoms with Crippen molar-refractivity contribution in [2.24, 2.45) is 0 Å². The average molecular weight is 273 g/mol. The van der Waals surface area contributed by atoms with E-state index in [1.165, 1.54) is 0 Å². The second-order valence-electron chi connectivity index (χ2n) is 4.47. The Kier molecular flexibility index (Phi) is 4.19. The van der Waals surface area contributed by atoms with Crippen LogP contribution < -0.4 is 9.64 Å². The van der Waals surface area contributed by atoms with Crippen molar-refractivity contribution < 1.29 is 9.47 Å². The van der Waals surface area contributed by atoms with Gasteiger partial charge in [-0.1, -0.05) is 0 Å². The van der Waals surface area contributed by atoms with Gasteiger partial charge in [0.15, 0.2) is 0 Å². The van der Waals surface area contributed by atoms with E-state index in [-0.39, 0.29) is 23.4 Å². The largest absolute Gasteiger partial charge is 0.461 e. The van der Waals surface area contributed by atoms with Crippen LogP contribution in [-0.4, -0.2) is 46.9 Å². The maximum absolute atomic E-state index is 5.90. The van der Waals surface area contributed by atoms with E-state index in [1.54, 1.807) is 0 Å². The molecule has 1 fully saturated rings. The molecular weight excluding hydrogens is 256 g/mol. The fraction of sp³-hybridized carbons (Fsp3) is 0.727. The lowest BCUT2D eigenvalue weighted by Gasteiger charge is -2.33. The maximum Gasteiger partial charge on any atom is 0.322 e. The van der Waals surface area contributed by atoms with Gasteiger partial charge in [-0.2, -0.15) is 15.0 Å². The van der Waals surface area contributed by atoms with Crippen LogP contribution in [-0.2, 0) is 4.74 Å².